The number of imidazole rings is 1. The van der Waals surface area contributed by atoms with Crippen molar-refractivity contribution in [2.24, 2.45) is 12.8 Å². The largest absolute Gasteiger partial charge is 0.341 e. The molecule has 0 aliphatic carbocycles. The van der Waals surface area contributed by atoms with E-state index in [-0.39, 0.29) is 24.8 Å². The van der Waals surface area contributed by atoms with Gasteiger partial charge in [0.05, 0.1) is 0 Å². The van der Waals surface area contributed by atoms with Crippen molar-refractivity contribution >= 4 is 30.8 Å². The molecule has 6 heteroatoms. The van der Waals surface area contributed by atoms with E-state index >= 15 is 0 Å². The van der Waals surface area contributed by atoms with Gasteiger partial charge < -0.3 is 15.2 Å². The molecule has 4 nitrogen and oxygen atoms in total. The number of aromatic nitrogens is 2. The second-order valence-corrected chi connectivity index (χ2v) is 3.33. The molecule has 0 bridgehead atoms. The molecule has 1 unspecified atom stereocenters. The Morgan fingerprint density at radius 1 is 1.50 bits per heavy atom. The fraction of sp³-hybridized carbons (Fsp3) is 0.625. The number of rotatable bonds is 1. The lowest BCUT2D eigenvalue weighted by molar-refractivity contribution is 0.746. The summed E-state index contributed by atoms with van der Waals surface area (Å²) < 4.78 is 2.03. The van der Waals surface area contributed by atoms with Crippen molar-refractivity contribution in [2.75, 3.05) is 18.0 Å². The van der Waals surface area contributed by atoms with E-state index in [1.54, 1.807) is 0 Å². The van der Waals surface area contributed by atoms with Gasteiger partial charge in [-0.2, -0.15) is 0 Å². The van der Waals surface area contributed by atoms with Crippen LogP contribution in [-0.2, 0) is 7.05 Å². The Morgan fingerprint density at radius 3 is 2.64 bits per heavy atom. The fourth-order valence-electron chi connectivity index (χ4n) is 1.63. The van der Waals surface area contributed by atoms with Crippen LogP contribution in [-0.4, -0.2) is 28.7 Å². The maximum atomic E-state index is 5.80. The van der Waals surface area contributed by atoms with Crippen LogP contribution in [0.1, 0.15) is 6.42 Å². The number of hydrogen-bond acceptors (Lipinski definition) is 3. The standard InChI is InChI=1S/C8H14N4.2ClH/c1-11-5-3-10-8(11)12-4-2-7(9)6-12;;/h3,5,7H,2,4,6,9H2,1H3;2*1H. The van der Waals surface area contributed by atoms with Gasteiger partial charge in [-0.3, -0.25) is 0 Å². The van der Waals surface area contributed by atoms with E-state index in [4.69, 9.17) is 5.73 Å². The molecule has 2 rings (SSSR count). The van der Waals surface area contributed by atoms with Crippen LogP contribution in [0.5, 0.6) is 0 Å². The fourth-order valence-corrected chi connectivity index (χ4v) is 1.63. The van der Waals surface area contributed by atoms with Crippen LogP contribution in [0.4, 0.5) is 5.95 Å². The number of anilines is 1. The molecule has 0 amide bonds. The summed E-state index contributed by atoms with van der Waals surface area (Å²) in [5.74, 6) is 1.03. The molecular formula is C8H16Cl2N4. The molecule has 0 radical (unpaired) electrons. The van der Waals surface area contributed by atoms with Crippen molar-refractivity contribution in [2.45, 2.75) is 12.5 Å². The van der Waals surface area contributed by atoms with Crippen LogP contribution in [0.3, 0.4) is 0 Å². The Labute approximate surface area is 96.3 Å². The predicted octanol–water partition coefficient (Wildman–Crippen LogP) is 0.801. The first kappa shape index (κ1) is 13.5. The molecule has 0 spiro atoms. The van der Waals surface area contributed by atoms with Crippen LogP contribution >= 0.6 is 24.8 Å². The lowest BCUT2D eigenvalue weighted by atomic mass is 10.3. The molecule has 82 valence electrons. The van der Waals surface area contributed by atoms with Crippen molar-refractivity contribution in [3.05, 3.63) is 12.4 Å². The third kappa shape index (κ3) is 2.53. The van der Waals surface area contributed by atoms with Gasteiger partial charge in [0.15, 0.2) is 0 Å². The van der Waals surface area contributed by atoms with Crippen LogP contribution < -0.4 is 10.6 Å². The second-order valence-electron chi connectivity index (χ2n) is 3.33. The van der Waals surface area contributed by atoms with Crippen LogP contribution in [0.2, 0.25) is 0 Å². The van der Waals surface area contributed by atoms with Crippen molar-refractivity contribution in [1.29, 1.82) is 0 Å². The molecular weight excluding hydrogens is 223 g/mol. The normalized spacial score (nSPS) is 20.1. The highest BCUT2D eigenvalue weighted by molar-refractivity contribution is 5.85. The highest BCUT2D eigenvalue weighted by Gasteiger charge is 2.21. The number of nitrogens with zero attached hydrogens (tertiary/aromatic N) is 3. The van der Waals surface area contributed by atoms with E-state index in [2.05, 4.69) is 9.88 Å². The van der Waals surface area contributed by atoms with Gasteiger partial charge in [-0.1, -0.05) is 0 Å². The smallest absolute Gasteiger partial charge is 0.205 e. The van der Waals surface area contributed by atoms with Gasteiger partial charge in [-0.15, -0.1) is 24.8 Å². The highest BCUT2D eigenvalue weighted by Crippen LogP contribution is 2.15. The Kier molecular flexibility index (Phi) is 5.26. The van der Waals surface area contributed by atoms with Crippen molar-refractivity contribution < 1.29 is 0 Å². The maximum absolute atomic E-state index is 5.80. The van der Waals surface area contributed by atoms with E-state index < -0.39 is 0 Å². The SMILES string of the molecule is Cl.Cl.Cn1ccnc1N1CCC(N)C1. The first-order chi connectivity index (χ1) is 5.77. The molecule has 1 saturated heterocycles. The summed E-state index contributed by atoms with van der Waals surface area (Å²) in [6.45, 7) is 1.97. The lowest BCUT2D eigenvalue weighted by Gasteiger charge is -2.16. The highest BCUT2D eigenvalue weighted by atomic mass is 35.5. The Bertz CT molecular complexity index is 276. The Balaban J connectivity index is 0.000000845. The third-order valence-corrected chi connectivity index (χ3v) is 2.30. The summed E-state index contributed by atoms with van der Waals surface area (Å²) in [5, 5.41) is 0. The summed E-state index contributed by atoms with van der Waals surface area (Å²) in [5.41, 5.74) is 5.80. The van der Waals surface area contributed by atoms with Gasteiger partial charge in [-0.25, -0.2) is 4.98 Å². The molecule has 1 aromatic heterocycles. The second kappa shape index (κ2) is 5.44. The molecule has 1 fully saturated rings. The number of hydrogen-bond donors (Lipinski definition) is 1. The molecule has 0 saturated carbocycles. The summed E-state index contributed by atoms with van der Waals surface area (Å²) in [7, 11) is 2.01. The van der Waals surface area contributed by atoms with Crippen LogP contribution in [0, 0.1) is 0 Å². The van der Waals surface area contributed by atoms with Crippen molar-refractivity contribution in [3.8, 4) is 0 Å². The first-order valence-electron chi connectivity index (χ1n) is 4.25. The van der Waals surface area contributed by atoms with Gasteiger partial charge in [-0.05, 0) is 6.42 Å². The molecule has 2 heterocycles. The summed E-state index contributed by atoms with van der Waals surface area (Å²) in [6, 6.07) is 0.321. The minimum absolute atomic E-state index is 0. The van der Waals surface area contributed by atoms with Gasteiger partial charge in [0.1, 0.15) is 0 Å². The molecule has 0 aromatic carbocycles. The van der Waals surface area contributed by atoms with Crippen LogP contribution in [0.25, 0.3) is 0 Å². The monoisotopic (exact) mass is 238 g/mol. The van der Waals surface area contributed by atoms with Gasteiger partial charge >= 0.3 is 0 Å². The van der Waals surface area contributed by atoms with E-state index in [0.29, 0.717) is 6.04 Å². The minimum atomic E-state index is 0. The van der Waals surface area contributed by atoms with E-state index in [1.165, 1.54) is 0 Å². The number of nitrogens with two attached hydrogens (primary N) is 1. The third-order valence-electron chi connectivity index (χ3n) is 2.30. The molecule has 1 atom stereocenters. The average molecular weight is 239 g/mol. The predicted molar refractivity (Wildman–Crippen MR) is 62.5 cm³/mol. The minimum Gasteiger partial charge on any atom is -0.341 e. The van der Waals surface area contributed by atoms with Crippen LogP contribution in [0.15, 0.2) is 12.4 Å². The van der Waals surface area contributed by atoms with E-state index in [1.807, 2.05) is 24.0 Å². The lowest BCUT2D eigenvalue weighted by Crippen LogP contribution is -2.27. The molecule has 1 aliphatic rings. The summed E-state index contributed by atoms with van der Waals surface area (Å²) in [4.78, 5) is 6.49. The van der Waals surface area contributed by atoms with Gasteiger partial charge in [0.2, 0.25) is 5.95 Å². The summed E-state index contributed by atoms with van der Waals surface area (Å²) in [6.07, 6.45) is 4.85. The van der Waals surface area contributed by atoms with Gasteiger partial charge in [0, 0.05) is 38.6 Å². The van der Waals surface area contributed by atoms with E-state index in [9.17, 15) is 0 Å². The first-order valence-corrected chi connectivity index (χ1v) is 4.25. The molecule has 1 aromatic rings. The molecule has 14 heavy (non-hydrogen) atoms. The number of aryl methyl sites for hydroxylation is 1. The zero-order valence-corrected chi connectivity index (χ0v) is 9.72. The maximum Gasteiger partial charge on any atom is 0.205 e. The molecule has 1 aliphatic heterocycles. The van der Waals surface area contributed by atoms with E-state index in [0.717, 1.165) is 25.5 Å². The zero-order valence-electron chi connectivity index (χ0n) is 8.09. The van der Waals surface area contributed by atoms with Crippen molar-refractivity contribution in [1.82, 2.24) is 9.55 Å². The molecule has 2 N–H and O–H groups in total. The quantitative estimate of drug-likeness (QED) is 0.788. The number of halogens is 2. The Morgan fingerprint density at radius 2 is 2.21 bits per heavy atom. The van der Waals surface area contributed by atoms with Crippen molar-refractivity contribution in [3.63, 3.8) is 0 Å². The summed E-state index contributed by atoms with van der Waals surface area (Å²) >= 11 is 0. The topological polar surface area (TPSA) is 47.1 Å². The zero-order chi connectivity index (χ0) is 8.55. The average Bonchev–Trinajstić information content (AvgIpc) is 2.58. The van der Waals surface area contributed by atoms with Gasteiger partial charge in [0.25, 0.3) is 0 Å². The Hall–Kier alpha value is -0.450.